The number of halogens is 1. The molecule has 1 N–H and O–H groups in total. The predicted molar refractivity (Wildman–Crippen MR) is 112 cm³/mol. The molecule has 1 fully saturated rings. The molecule has 27 heavy (non-hydrogen) atoms. The standard InChI is InChI=1S/C21H23ClN2O2S/c1-24(2)20(26)27-18-11-9-17(10-12-18)23-19(25)21(13-3-4-14-21)15-5-7-16(22)8-6-15/h5-12H,3-4,13-14H2,1-2H3,(H,23,25). The molecule has 2 aromatic rings. The highest BCUT2D eigenvalue weighted by molar-refractivity contribution is 8.13. The molecule has 2 aromatic carbocycles. The van der Waals surface area contributed by atoms with Crippen molar-refractivity contribution in [3.8, 4) is 0 Å². The number of nitrogens with zero attached hydrogens (tertiary/aromatic N) is 1. The van der Waals surface area contributed by atoms with Gasteiger partial charge in [-0.1, -0.05) is 36.6 Å². The van der Waals surface area contributed by atoms with Gasteiger partial charge in [-0.2, -0.15) is 0 Å². The van der Waals surface area contributed by atoms with Gasteiger partial charge < -0.3 is 10.2 Å². The topological polar surface area (TPSA) is 49.4 Å². The van der Waals surface area contributed by atoms with Crippen LogP contribution in [0.25, 0.3) is 0 Å². The fourth-order valence-corrected chi connectivity index (χ4v) is 4.23. The third-order valence-electron chi connectivity index (χ3n) is 4.97. The summed E-state index contributed by atoms with van der Waals surface area (Å²) in [6, 6.07) is 15.0. The molecular formula is C21H23ClN2O2S. The number of hydrogen-bond acceptors (Lipinski definition) is 3. The summed E-state index contributed by atoms with van der Waals surface area (Å²) in [6.07, 6.45) is 3.76. The molecule has 1 saturated carbocycles. The van der Waals surface area contributed by atoms with Crippen LogP contribution in [-0.4, -0.2) is 30.1 Å². The molecule has 142 valence electrons. The minimum atomic E-state index is -0.501. The molecule has 0 heterocycles. The lowest BCUT2D eigenvalue weighted by molar-refractivity contribution is -0.121. The number of rotatable bonds is 4. The van der Waals surface area contributed by atoms with Gasteiger partial charge in [0, 0.05) is 29.7 Å². The normalized spacial score (nSPS) is 15.4. The quantitative estimate of drug-likeness (QED) is 0.680. The van der Waals surface area contributed by atoms with Crippen molar-refractivity contribution in [1.29, 1.82) is 0 Å². The molecule has 6 heteroatoms. The number of benzene rings is 2. The SMILES string of the molecule is CN(C)C(=O)Sc1ccc(NC(=O)C2(c3ccc(Cl)cc3)CCCC2)cc1. The summed E-state index contributed by atoms with van der Waals surface area (Å²) in [5, 5.41) is 3.71. The van der Waals surface area contributed by atoms with Crippen LogP contribution in [-0.2, 0) is 10.2 Å². The second-order valence-electron chi connectivity index (χ2n) is 7.04. The van der Waals surface area contributed by atoms with E-state index in [-0.39, 0.29) is 11.1 Å². The van der Waals surface area contributed by atoms with Crippen LogP contribution < -0.4 is 5.32 Å². The molecule has 0 bridgehead atoms. The predicted octanol–water partition coefficient (Wildman–Crippen LogP) is 5.56. The molecule has 0 unspecified atom stereocenters. The maximum Gasteiger partial charge on any atom is 0.285 e. The van der Waals surface area contributed by atoms with E-state index in [0.717, 1.165) is 53.6 Å². The molecule has 0 atom stereocenters. The third kappa shape index (κ3) is 4.47. The number of amides is 2. The van der Waals surface area contributed by atoms with Crippen molar-refractivity contribution in [2.75, 3.05) is 19.4 Å². The van der Waals surface area contributed by atoms with Crippen LogP contribution in [0.5, 0.6) is 0 Å². The Morgan fingerprint density at radius 2 is 1.59 bits per heavy atom. The fraction of sp³-hybridized carbons (Fsp3) is 0.333. The number of anilines is 1. The molecule has 4 nitrogen and oxygen atoms in total. The van der Waals surface area contributed by atoms with Crippen molar-refractivity contribution >= 4 is 40.2 Å². The van der Waals surface area contributed by atoms with E-state index in [9.17, 15) is 9.59 Å². The fourth-order valence-electron chi connectivity index (χ4n) is 3.44. The van der Waals surface area contributed by atoms with Crippen molar-refractivity contribution in [2.45, 2.75) is 36.0 Å². The van der Waals surface area contributed by atoms with Crippen LogP contribution in [0.1, 0.15) is 31.2 Å². The lowest BCUT2D eigenvalue weighted by Crippen LogP contribution is -2.37. The van der Waals surface area contributed by atoms with Crippen LogP contribution in [0.4, 0.5) is 10.5 Å². The highest BCUT2D eigenvalue weighted by Crippen LogP contribution is 2.42. The summed E-state index contributed by atoms with van der Waals surface area (Å²) in [4.78, 5) is 27.3. The van der Waals surface area contributed by atoms with Crippen molar-refractivity contribution < 1.29 is 9.59 Å². The monoisotopic (exact) mass is 402 g/mol. The lowest BCUT2D eigenvalue weighted by Gasteiger charge is -2.28. The first-order valence-electron chi connectivity index (χ1n) is 8.97. The average Bonchev–Trinajstić information content (AvgIpc) is 3.15. The van der Waals surface area contributed by atoms with Crippen molar-refractivity contribution in [3.05, 3.63) is 59.1 Å². The van der Waals surface area contributed by atoms with Gasteiger partial charge in [0.25, 0.3) is 5.24 Å². The Labute approximate surface area is 169 Å². The number of nitrogens with one attached hydrogen (secondary N) is 1. The molecular weight excluding hydrogens is 380 g/mol. The summed E-state index contributed by atoms with van der Waals surface area (Å²) < 4.78 is 0. The Morgan fingerprint density at radius 1 is 1.00 bits per heavy atom. The van der Waals surface area contributed by atoms with E-state index in [0.29, 0.717) is 5.02 Å². The largest absolute Gasteiger partial charge is 0.339 e. The molecule has 3 rings (SSSR count). The maximum absolute atomic E-state index is 13.2. The summed E-state index contributed by atoms with van der Waals surface area (Å²) in [6.45, 7) is 0. The minimum absolute atomic E-state index is 0.0205. The average molecular weight is 403 g/mol. The maximum atomic E-state index is 13.2. The van der Waals surface area contributed by atoms with Gasteiger partial charge in [0.15, 0.2) is 0 Å². The first-order valence-corrected chi connectivity index (χ1v) is 10.2. The number of carbonyl (C=O) groups is 2. The van der Waals surface area contributed by atoms with Crippen molar-refractivity contribution in [1.82, 2.24) is 4.90 Å². The van der Waals surface area contributed by atoms with E-state index in [2.05, 4.69) is 5.32 Å². The molecule has 2 amide bonds. The summed E-state index contributed by atoms with van der Waals surface area (Å²) >= 11 is 7.18. The second-order valence-corrected chi connectivity index (χ2v) is 8.50. The van der Waals surface area contributed by atoms with E-state index < -0.39 is 5.41 Å². The number of hydrogen-bond donors (Lipinski definition) is 1. The lowest BCUT2D eigenvalue weighted by atomic mass is 9.78. The van der Waals surface area contributed by atoms with Gasteiger partial charge in [-0.15, -0.1) is 0 Å². The zero-order valence-electron chi connectivity index (χ0n) is 15.5. The van der Waals surface area contributed by atoms with Gasteiger partial charge in [-0.25, -0.2) is 0 Å². The Kier molecular flexibility index (Phi) is 6.12. The second kappa shape index (κ2) is 8.36. The van der Waals surface area contributed by atoms with Gasteiger partial charge in [0.05, 0.1) is 5.41 Å². The first-order chi connectivity index (χ1) is 12.9. The molecule has 1 aliphatic rings. The van der Waals surface area contributed by atoms with Crippen molar-refractivity contribution in [3.63, 3.8) is 0 Å². The smallest absolute Gasteiger partial charge is 0.285 e. The van der Waals surface area contributed by atoms with Crippen molar-refractivity contribution in [2.24, 2.45) is 0 Å². The summed E-state index contributed by atoms with van der Waals surface area (Å²) in [5.41, 5.74) is 1.26. The van der Waals surface area contributed by atoms with E-state index >= 15 is 0 Å². The Morgan fingerprint density at radius 3 is 2.15 bits per heavy atom. The number of carbonyl (C=O) groups excluding carboxylic acids is 2. The van der Waals surface area contributed by atoms with Gasteiger partial charge in [0.2, 0.25) is 5.91 Å². The highest BCUT2D eigenvalue weighted by Gasteiger charge is 2.42. The first kappa shape index (κ1) is 19.8. The molecule has 0 aromatic heterocycles. The zero-order chi connectivity index (χ0) is 19.4. The highest BCUT2D eigenvalue weighted by atomic mass is 35.5. The summed E-state index contributed by atoms with van der Waals surface area (Å²) in [7, 11) is 3.45. The molecule has 0 spiro atoms. The molecule has 0 saturated heterocycles. The van der Waals surface area contributed by atoms with Gasteiger partial charge in [-0.3, -0.25) is 9.59 Å². The van der Waals surface area contributed by atoms with Crippen LogP contribution in [0.3, 0.4) is 0 Å². The Balaban J connectivity index is 1.75. The third-order valence-corrected chi connectivity index (χ3v) is 6.27. The Hall–Kier alpha value is -1.98. The van der Waals surface area contributed by atoms with Crippen LogP contribution in [0.2, 0.25) is 5.02 Å². The minimum Gasteiger partial charge on any atom is -0.339 e. The van der Waals surface area contributed by atoms with Gasteiger partial charge >= 0.3 is 0 Å². The van der Waals surface area contributed by atoms with E-state index in [4.69, 9.17) is 11.6 Å². The van der Waals surface area contributed by atoms with Crippen LogP contribution >= 0.6 is 23.4 Å². The molecule has 0 radical (unpaired) electrons. The van der Waals surface area contributed by atoms with E-state index in [1.54, 1.807) is 14.1 Å². The van der Waals surface area contributed by atoms with Crippen LogP contribution in [0.15, 0.2) is 53.4 Å². The van der Waals surface area contributed by atoms with E-state index in [1.807, 2.05) is 48.5 Å². The zero-order valence-corrected chi connectivity index (χ0v) is 17.1. The number of thioether (sulfide) groups is 1. The van der Waals surface area contributed by atoms with Crippen LogP contribution in [0, 0.1) is 0 Å². The summed E-state index contributed by atoms with van der Waals surface area (Å²) in [5.74, 6) is 0.0205. The molecule has 1 aliphatic carbocycles. The van der Waals surface area contributed by atoms with Gasteiger partial charge in [0.1, 0.15) is 0 Å². The van der Waals surface area contributed by atoms with Gasteiger partial charge in [-0.05, 0) is 66.6 Å². The Bertz CT molecular complexity index is 813. The van der Waals surface area contributed by atoms with E-state index in [1.165, 1.54) is 4.90 Å². The molecule has 0 aliphatic heterocycles.